The van der Waals surface area contributed by atoms with Crippen molar-refractivity contribution < 1.29 is 19.0 Å². The lowest BCUT2D eigenvalue weighted by molar-refractivity contribution is 0.0768. The lowest BCUT2D eigenvalue weighted by Crippen LogP contribution is -2.31. The molecule has 0 bridgehead atoms. The molecule has 2 heterocycles. The molecule has 0 spiro atoms. The molecule has 1 fully saturated rings. The summed E-state index contributed by atoms with van der Waals surface area (Å²) in [6.07, 6.45) is 2.50. The van der Waals surface area contributed by atoms with Crippen molar-refractivity contribution in [3.05, 3.63) is 47.7 Å². The maximum Gasteiger partial charge on any atom is 0.257 e. The van der Waals surface area contributed by atoms with Crippen molar-refractivity contribution in [1.29, 1.82) is 0 Å². The quantitative estimate of drug-likeness (QED) is 0.836. The summed E-state index contributed by atoms with van der Waals surface area (Å²) < 4.78 is 16.4. The second kappa shape index (κ2) is 7.42. The smallest absolute Gasteiger partial charge is 0.257 e. The number of rotatable bonds is 5. The summed E-state index contributed by atoms with van der Waals surface area (Å²) in [4.78, 5) is 18.8. The molecule has 1 aromatic carbocycles. The molecule has 0 saturated carbocycles. The van der Waals surface area contributed by atoms with Gasteiger partial charge < -0.3 is 19.1 Å². The number of amides is 1. The SMILES string of the molecule is COc1ccc(C(=O)N2CCC(Oc3ccc(C)cn3)C2)c(OC)c1. The summed E-state index contributed by atoms with van der Waals surface area (Å²) in [6, 6.07) is 9.02. The first-order valence-electron chi connectivity index (χ1n) is 8.21. The van der Waals surface area contributed by atoms with Gasteiger partial charge in [0.1, 0.15) is 17.6 Å². The van der Waals surface area contributed by atoms with Crippen LogP contribution in [0.15, 0.2) is 36.5 Å². The number of ether oxygens (including phenoxy) is 3. The standard InChI is InChI=1S/C19H22N2O4/c1-13-4-7-18(20-11-13)25-15-8-9-21(12-15)19(22)16-6-5-14(23-2)10-17(16)24-3/h4-7,10-11,15H,8-9,12H2,1-3H3. The summed E-state index contributed by atoms with van der Waals surface area (Å²) in [5, 5.41) is 0. The molecule has 6 nitrogen and oxygen atoms in total. The van der Waals surface area contributed by atoms with Crippen LogP contribution in [0.5, 0.6) is 17.4 Å². The molecule has 1 amide bonds. The Kier molecular flexibility index (Phi) is 5.07. The summed E-state index contributed by atoms with van der Waals surface area (Å²) in [7, 11) is 3.13. The Morgan fingerprint density at radius 2 is 2.04 bits per heavy atom. The number of hydrogen-bond acceptors (Lipinski definition) is 5. The highest BCUT2D eigenvalue weighted by Crippen LogP contribution is 2.27. The van der Waals surface area contributed by atoms with E-state index in [1.165, 1.54) is 0 Å². The predicted molar refractivity (Wildman–Crippen MR) is 93.5 cm³/mol. The fraction of sp³-hybridized carbons (Fsp3) is 0.368. The van der Waals surface area contributed by atoms with E-state index in [-0.39, 0.29) is 12.0 Å². The zero-order valence-electron chi connectivity index (χ0n) is 14.7. The maximum atomic E-state index is 12.8. The third-order valence-electron chi connectivity index (χ3n) is 4.24. The number of carbonyl (C=O) groups is 1. The first kappa shape index (κ1) is 17.1. The molecular weight excluding hydrogens is 320 g/mol. The minimum atomic E-state index is -0.0672. The number of aromatic nitrogens is 1. The van der Waals surface area contributed by atoms with E-state index in [4.69, 9.17) is 14.2 Å². The Bertz CT molecular complexity index is 746. The normalized spacial score (nSPS) is 16.6. The fourth-order valence-electron chi connectivity index (χ4n) is 2.85. The minimum absolute atomic E-state index is 0.0524. The van der Waals surface area contributed by atoms with Crippen LogP contribution in [0.2, 0.25) is 0 Å². The molecule has 6 heteroatoms. The van der Waals surface area contributed by atoms with Gasteiger partial charge in [-0.1, -0.05) is 6.07 Å². The Labute approximate surface area is 147 Å². The van der Waals surface area contributed by atoms with Gasteiger partial charge in [0.2, 0.25) is 5.88 Å². The molecule has 1 aliphatic rings. The monoisotopic (exact) mass is 342 g/mol. The molecule has 132 valence electrons. The lowest BCUT2D eigenvalue weighted by atomic mass is 10.1. The molecule has 0 N–H and O–H groups in total. The van der Waals surface area contributed by atoms with E-state index < -0.39 is 0 Å². The molecule has 1 aromatic heterocycles. The molecule has 0 radical (unpaired) electrons. The van der Waals surface area contributed by atoms with Crippen molar-refractivity contribution in [2.45, 2.75) is 19.4 Å². The van der Waals surface area contributed by atoms with Gasteiger partial charge in [0.25, 0.3) is 5.91 Å². The van der Waals surface area contributed by atoms with Crippen molar-refractivity contribution >= 4 is 5.91 Å². The number of methoxy groups -OCH3 is 2. The third-order valence-corrected chi connectivity index (χ3v) is 4.24. The zero-order chi connectivity index (χ0) is 17.8. The van der Waals surface area contributed by atoms with Crippen molar-refractivity contribution in [3.63, 3.8) is 0 Å². The van der Waals surface area contributed by atoms with Crippen LogP contribution in [0.4, 0.5) is 0 Å². The number of aryl methyl sites for hydroxylation is 1. The fourth-order valence-corrected chi connectivity index (χ4v) is 2.85. The molecule has 1 aliphatic heterocycles. The minimum Gasteiger partial charge on any atom is -0.497 e. The van der Waals surface area contributed by atoms with Crippen molar-refractivity contribution in [3.8, 4) is 17.4 Å². The number of benzene rings is 1. The number of carbonyl (C=O) groups excluding carboxylic acids is 1. The first-order valence-corrected chi connectivity index (χ1v) is 8.21. The van der Waals surface area contributed by atoms with E-state index in [0.717, 1.165) is 12.0 Å². The summed E-state index contributed by atoms with van der Waals surface area (Å²) in [5.74, 6) is 1.68. The van der Waals surface area contributed by atoms with E-state index in [1.807, 2.05) is 19.1 Å². The highest BCUT2D eigenvalue weighted by atomic mass is 16.5. The summed E-state index contributed by atoms with van der Waals surface area (Å²) in [5.41, 5.74) is 1.61. The van der Waals surface area contributed by atoms with Gasteiger partial charge in [-0.2, -0.15) is 0 Å². The van der Waals surface area contributed by atoms with Crippen LogP contribution >= 0.6 is 0 Å². The van der Waals surface area contributed by atoms with E-state index in [1.54, 1.807) is 43.5 Å². The van der Waals surface area contributed by atoms with Crippen LogP contribution in [-0.2, 0) is 0 Å². The van der Waals surface area contributed by atoms with Gasteiger partial charge in [-0.05, 0) is 24.6 Å². The molecule has 1 atom stereocenters. The average Bonchev–Trinajstić information content (AvgIpc) is 3.11. The van der Waals surface area contributed by atoms with E-state index in [9.17, 15) is 4.79 Å². The Morgan fingerprint density at radius 1 is 1.20 bits per heavy atom. The topological polar surface area (TPSA) is 60.9 Å². The van der Waals surface area contributed by atoms with E-state index in [0.29, 0.717) is 36.0 Å². The molecule has 1 unspecified atom stereocenters. The molecule has 25 heavy (non-hydrogen) atoms. The maximum absolute atomic E-state index is 12.8. The van der Waals surface area contributed by atoms with Crippen LogP contribution in [0.1, 0.15) is 22.3 Å². The number of pyridine rings is 1. The second-order valence-electron chi connectivity index (χ2n) is 6.02. The molecule has 1 saturated heterocycles. The zero-order valence-corrected chi connectivity index (χ0v) is 14.7. The van der Waals surface area contributed by atoms with Crippen LogP contribution in [0, 0.1) is 6.92 Å². The number of likely N-dealkylation sites (tertiary alicyclic amines) is 1. The highest BCUT2D eigenvalue weighted by molar-refractivity contribution is 5.97. The molecular formula is C19H22N2O4. The highest BCUT2D eigenvalue weighted by Gasteiger charge is 2.30. The Morgan fingerprint density at radius 3 is 2.72 bits per heavy atom. The van der Waals surface area contributed by atoms with E-state index in [2.05, 4.69) is 4.98 Å². The summed E-state index contributed by atoms with van der Waals surface area (Å²) >= 11 is 0. The van der Waals surface area contributed by atoms with Crippen LogP contribution in [-0.4, -0.2) is 49.2 Å². The van der Waals surface area contributed by atoms with Gasteiger partial charge in [0, 0.05) is 31.3 Å². The van der Waals surface area contributed by atoms with Crippen LogP contribution in [0.25, 0.3) is 0 Å². The molecule has 3 rings (SSSR count). The van der Waals surface area contributed by atoms with Crippen molar-refractivity contribution in [2.24, 2.45) is 0 Å². The van der Waals surface area contributed by atoms with Crippen molar-refractivity contribution in [2.75, 3.05) is 27.3 Å². The second-order valence-corrected chi connectivity index (χ2v) is 6.02. The Balaban J connectivity index is 1.67. The Hall–Kier alpha value is -2.76. The average molecular weight is 342 g/mol. The lowest BCUT2D eigenvalue weighted by Gasteiger charge is -2.18. The molecule has 2 aromatic rings. The first-order chi connectivity index (χ1) is 12.1. The van der Waals surface area contributed by atoms with Crippen molar-refractivity contribution in [1.82, 2.24) is 9.88 Å². The molecule has 0 aliphatic carbocycles. The van der Waals surface area contributed by atoms with E-state index >= 15 is 0 Å². The number of hydrogen-bond donors (Lipinski definition) is 0. The summed E-state index contributed by atoms with van der Waals surface area (Å²) in [6.45, 7) is 3.16. The van der Waals surface area contributed by atoms with Gasteiger partial charge in [0.05, 0.1) is 26.3 Å². The van der Waals surface area contributed by atoms with Gasteiger partial charge in [-0.15, -0.1) is 0 Å². The van der Waals surface area contributed by atoms with Crippen LogP contribution < -0.4 is 14.2 Å². The third kappa shape index (κ3) is 3.84. The van der Waals surface area contributed by atoms with Crippen LogP contribution in [0.3, 0.4) is 0 Å². The van der Waals surface area contributed by atoms with Gasteiger partial charge in [-0.3, -0.25) is 4.79 Å². The largest absolute Gasteiger partial charge is 0.497 e. The van der Waals surface area contributed by atoms with Gasteiger partial charge in [0.15, 0.2) is 0 Å². The van der Waals surface area contributed by atoms with Gasteiger partial charge in [-0.25, -0.2) is 4.98 Å². The number of nitrogens with zero attached hydrogens (tertiary/aromatic N) is 2. The van der Waals surface area contributed by atoms with Gasteiger partial charge >= 0.3 is 0 Å². The predicted octanol–water partition coefficient (Wildman–Crippen LogP) is 2.70.